The summed E-state index contributed by atoms with van der Waals surface area (Å²) in [6.45, 7) is 0. The van der Waals surface area contributed by atoms with Gasteiger partial charge in [0.25, 0.3) is 0 Å². The summed E-state index contributed by atoms with van der Waals surface area (Å²) in [5.41, 5.74) is 1.23. The van der Waals surface area contributed by atoms with Crippen molar-refractivity contribution in [2.24, 2.45) is 0 Å². The maximum absolute atomic E-state index is 13.1. The summed E-state index contributed by atoms with van der Waals surface area (Å²) in [5, 5.41) is 5.80. The van der Waals surface area contributed by atoms with E-state index in [1.807, 2.05) is 5.38 Å². The fourth-order valence-corrected chi connectivity index (χ4v) is 2.44. The van der Waals surface area contributed by atoms with Crippen molar-refractivity contribution < 1.29 is 13.9 Å². The lowest BCUT2D eigenvalue weighted by Gasteiger charge is -2.04. The Morgan fingerprint density at radius 2 is 2.35 bits per heavy atom. The second-order valence-corrected chi connectivity index (χ2v) is 5.23. The molecule has 0 atom stereocenters. The molecule has 0 aliphatic heterocycles. The Hall–Kier alpha value is -1.66. The minimum atomic E-state index is -0.376. The number of aromatic nitrogens is 1. The van der Waals surface area contributed by atoms with Crippen LogP contribution < -0.4 is 5.32 Å². The highest BCUT2D eigenvalue weighted by Crippen LogP contribution is 2.28. The molecule has 0 saturated carbocycles. The Bertz CT molecular complexity index is 618. The number of thiazole rings is 1. The molecule has 1 aromatic heterocycles. The van der Waals surface area contributed by atoms with E-state index < -0.39 is 0 Å². The molecule has 0 radical (unpaired) electrons. The van der Waals surface area contributed by atoms with Crippen LogP contribution in [0.5, 0.6) is 0 Å². The first-order chi connectivity index (χ1) is 9.58. The number of esters is 1. The van der Waals surface area contributed by atoms with Gasteiger partial charge in [0.15, 0.2) is 5.13 Å². The van der Waals surface area contributed by atoms with Gasteiger partial charge in [-0.3, -0.25) is 4.79 Å². The molecule has 1 heterocycles. The smallest absolute Gasteiger partial charge is 0.305 e. The number of rotatable bonds is 5. The van der Waals surface area contributed by atoms with E-state index in [0.29, 0.717) is 22.3 Å². The maximum Gasteiger partial charge on any atom is 0.305 e. The molecule has 2 aromatic rings. The van der Waals surface area contributed by atoms with Gasteiger partial charge in [-0.1, -0.05) is 11.6 Å². The van der Waals surface area contributed by atoms with E-state index in [1.54, 1.807) is 0 Å². The molecule has 0 fully saturated rings. The van der Waals surface area contributed by atoms with E-state index >= 15 is 0 Å². The van der Waals surface area contributed by atoms with Gasteiger partial charge in [-0.25, -0.2) is 9.37 Å². The molecule has 7 heteroatoms. The van der Waals surface area contributed by atoms with Crippen LogP contribution in [0.3, 0.4) is 0 Å². The molecule has 0 amide bonds. The molecule has 2 rings (SSSR count). The zero-order chi connectivity index (χ0) is 14.5. The van der Waals surface area contributed by atoms with E-state index in [1.165, 1.54) is 36.6 Å². The van der Waals surface area contributed by atoms with Crippen LogP contribution in [0.4, 0.5) is 15.2 Å². The third kappa shape index (κ3) is 3.91. The Labute approximate surface area is 124 Å². The molecule has 0 saturated heterocycles. The van der Waals surface area contributed by atoms with Crippen LogP contribution in [0.15, 0.2) is 23.6 Å². The number of benzene rings is 1. The van der Waals surface area contributed by atoms with Crippen molar-refractivity contribution in [1.82, 2.24) is 4.98 Å². The Morgan fingerprint density at radius 3 is 3.10 bits per heavy atom. The van der Waals surface area contributed by atoms with Crippen molar-refractivity contribution in [2.45, 2.75) is 12.8 Å². The quantitative estimate of drug-likeness (QED) is 0.853. The predicted molar refractivity (Wildman–Crippen MR) is 77.1 cm³/mol. The van der Waals surface area contributed by atoms with Gasteiger partial charge in [-0.2, -0.15) is 0 Å². The van der Waals surface area contributed by atoms with Gasteiger partial charge in [-0.15, -0.1) is 11.3 Å². The number of methoxy groups -OCH3 is 1. The summed E-state index contributed by atoms with van der Waals surface area (Å²) in [6, 6.07) is 4.07. The van der Waals surface area contributed by atoms with E-state index in [2.05, 4.69) is 15.0 Å². The summed E-state index contributed by atoms with van der Waals surface area (Å²) in [5.74, 6) is -0.653. The average Bonchev–Trinajstić information content (AvgIpc) is 2.88. The Balaban J connectivity index is 2.02. The van der Waals surface area contributed by atoms with Crippen molar-refractivity contribution in [3.63, 3.8) is 0 Å². The van der Waals surface area contributed by atoms with Crippen molar-refractivity contribution >= 4 is 39.7 Å². The summed E-state index contributed by atoms with van der Waals surface area (Å²) >= 11 is 7.32. The molecule has 1 N–H and O–H groups in total. The highest BCUT2D eigenvalue weighted by molar-refractivity contribution is 7.13. The van der Waals surface area contributed by atoms with Gasteiger partial charge in [0.1, 0.15) is 5.82 Å². The van der Waals surface area contributed by atoms with Crippen LogP contribution in [0.1, 0.15) is 12.1 Å². The molecule has 0 aliphatic rings. The summed E-state index contributed by atoms with van der Waals surface area (Å²) in [4.78, 5) is 15.3. The fraction of sp³-hybridized carbons (Fsp3) is 0.231. The number of aryl methyl sites for hydroxylation is 1. The molecular formula is C13H12ClFN2O2S. The monoisotopic (exact) mass is 314 g/mol. The number of nitrogens with zero attached hydrogens (tertiary/aromatic N) is 1. The zero-order valence-corrected chi connectivity index (χ0v) is 12.2. The first-order valence-electron chi connectivity index (χ1n) is 5.82. The van der Waals surface area contributed by atoms with E-state index in [4.69, 9.17) is 11.6 Å². The lowest BCUT2D eigenvalue weighted by molar-refractivity contribution is -0.140. The number of hydrogen-bond donors (Lipinski definition) is 1. The fourth-order valence-electron chi connectivity index (χ4n) is 1.52. The first-order valence-corrected chi connectivity index (χ1v) is 7.07. The molecule has 0 unspecified atom stereocenters. The van der Waals surface area contributed by atoms with Crippen molar-refractivity contribution in [3.05, 3.63) is 40.1 Å². The number of anilines is 2. The molecule has 4 nitrogen and oxygen atoms in total. The first kappa shape index (κ1) is 14.7. The molecule has 20 heavy (non-hydrogen) atoms. The van der Waals surface area contributed by atoms with E-state index in [9.17, 15) is 9.18 Å². The average molecular weight is 315 g/mol. The van der Waals surface area contributed by atoms with Crippen LogP contribution in [0.25, 0.3) is 0 Å². The number of ether oxygens (including phenoxy) is 1. The van der Waals surface area contributed by atoms with Gasteiger partial charge >= 0.3 is 5.97 Å². The van der Waals surface area contributed by atoms with Crippen molar-refractivity contribution in [2.75, 3.05) is 12.4 Å². The molecular weight excluding hydrogens is 303 g/mol. The SMILES string of the molecule is COC(=O)CCc1csc(Nc2cc(F)ccc2Cl)n1. The Kier molecular flexibility index (Phi) is 4.92. The van der Waals surface area contributed by atoms with Gasteiger partial charge < -0.3 is 10.1 Å². The molecule has 0 spiro atoms. The minimum Gasteiger partial charge on any atom is -0.469 e. The van der Waals surface area contributed by atoms with Gasteiger partial charge in [0, 0.05) is 11.8 Å². The van der Waals surface area contributed by atoms with E-state index in [0.717, 1.165) is 5.69 Å². The summed E-state index contributed by atoms with van der Waals surface area (Å²) in [7, 11) is 1.35. The number of halogens is 2. The second kappa shape index (κ2) is 6.67. The largest absolute Gasteiger partial charge is 0.469 e. The van der Waals surface area contributed by atoms with Crippen LogP contribution in [-0.2, 0) is 16.0 Å². The number of carbonyl (C=O) groups excluding carboxylic acids is 1. The second-order valence-electron chi connectivity index (χ2n) is 3.97. The van der Waals surface area contributed by atoms with Crippen LogP contribution in [0, 0.1) is 5.82 Å². The lowest BCUT2D eigenvalue weighted by atomic mass is 10.2. The lowest BCUT2D eigenvalue weighted by Crippen LogP contribution is -2.02. The third-order valence-electron chi connectivity index (χ3n) is 2.53. The third-order valence-corrected chi connectivity index (χ3v) is 3.67. The maximum atomic E-state index is 13.1. The zero-order valence-electron chi connectivity index (χ0n) is 10.7. The van der Waals surface area contributed by atoms with Crippen LogP contribution >= 0.6 is 22.9 Å². The minimum absolute atomic E-state index is 0.277. The summed E-state index contributed by atoms with van der Waals surface area (Å²) < 4.78 is 17.7. The number of nitrogens with one attached hydrogen (secondary N) is 1. The molecule has 0 bridgehead atoms. The molecule has 1 aromatic carbocycles. The Morgan fingerprint density at radius 1 is 1.55 bits per heavy atom. The van der Waals surface area contributed by atoms with Crippen molar-refractivity contribution in [1.29, 1.82) is 0 Å². The standard InChI is InChI=1S/C13H12ClFN2O2S/c1-19-12(18)5-3-9-7-20-13(16-9)17-11-6-8(15)2-4-10(11)14/h2,4,6-7H,3,5H2,1H3,(H,16,17). The summed E-state index contributed by atoms with van der Waals surface area (Å²) in [6.07, 6.45) is 0.780. The predicted octanol–water partition coefficient (Wildman–Crippen LogP) is 3.78. The van der Waals surface area contributed by atoms with E-state index in [-0.39, 0.29) is 18.2 Å². The highest BCUT2D eigenvalue weighted by atomic mass is 35.5. The van der Waals surface area contributed by atoms with Crippen molar-refractivity contribution in [3.8, 4) is 0 Å². The van der Waals surface area contributed by atoms with Crippen LogP contribution in [0.2, 0.25) is 5.02 Å². The molecule has 0 aliphatic carbocycles. The van der Waals surface area contributed by atoms with Gasteiger partial charge in [0.05, 0.1) is 29.9 Å². The van der Waals surface area contributed by atoms with Gasteiger partial charge in [-0.05, 0) is 18.2 Å². The van der Waals surface area contributed by atoms with Gasteiger partial charge in [0.2, 0.25) is 0 Å². The molecule has 106 valence electrons. The topological polar surface area (TPSA) is 51.2 Å². The number of hydrogen-bond acceptors (Lipinski definition) is 5. The highest BCUT2D eigenvalue weighted by Gasteiger charge is 2.08. The normalized spacial score (nSPS) is 10.3. The number of carbonyl (C=O) groups is 1. The van der Waals surface area contributed by atoms with Crippen LogP contribution in [-0.4, -0.2) is 18.1 Å².